The Kier molecular flexibility index (Phi) is 8.13. The van der Waals surface area contributed by atoms with Crippen LogP contribution in [0.5, 0.6) is 5.75 Å². The molecule has 1 fully saturated rings. The van der Waals surface area contributed by atoms with Crippen molar-refractivity contribution in [1.29, 1.82) is 0 Å². The van der Waals surface area contributed by atoms with Crippen molar-refractivity contribution < 1.29 is 17.9 Å². The van der Waals surface area contributed by atoms with Gasteiger partial charge in [0.15, 0.2) is 0 Å². The second kappa shape index (κ2) is 9.32. The van der Waals surface area contributed by atoms with Gasteiger partial charge in [0, 0.05) is 19.7 Å². The van der Waals surface area contributed by atoms with Crippen LogP contribution in [-0.2, 0) is 14.8 Å². The van der Waals surface area contributed by atoms with Crippen molar-refractivity contribution in [2.45, 2.75) is 23.8 Å². The molecule has 1 heterocycles. The summed E-state index contributed by atoms with van der Waals surface area (Å²) < 4.78 is 37.3. The highest BCUT2D eigenvalue weighted by Gasteiger charge is 2.19. The first kappa shape index (κ1) is 19.2. The number of ether oxygens (including phenoxy) is 2. The molecule has 1 aliphatic heterocycles. The van der Waals surface area contributed by atoms with Crippen LogP contribution in [0.4, 0.5) is 0 Å². The van der Waals surface area contributed by atoms with Gasteiger partial charge in [0.2, 0.25) is 10.0 Å². The van der Waals surface area contributed by atoms with Crippen molar-refractivity contribution in [1.82, 2.24) is 10.0 Å². The molecule has 0 spiro atoms. The number of methoxy groups -OCH3 is 1. The Labute approximate surface area is 138 Å². The molecule has 1 saturated heterocycles. The van der Waals surface area contributed by atoms with E-state index in [4.69, 9.17) is 9.47 Å². The molecule has 0 amide bonds. The highest BCUT2D eigenvalue weighted by atomic mass is 35.5. The summed E-state index contributed by atoms with van der Waals surface area (Å²) in [5.41, 5.74) is 0. The summed E-state index contributed by atoms with van der Waals surface area (Å²) in [7, 11) is -1.86. The molecule has 1 aliphatic rings. The van der Waals surface area contributed by atoms with Crippen LogP contribution in [0.3, 0.4) is 0 Å². The molecular formula is C14H23ClN2O4S. The number of nitrogens with one attached hydrogen (secondary N) is 2. The molecule has 0 aromatic heterocycles. The molecule has 1 aromatic carbocycles. The fraction of sp³-hybridized carbons (Fsp3) is 0.571. The second-order valence-corrected chi connectivity index (χ2v) is 6.72. The quantitative estimate of drug-likeness (QED) is 0.688. The summed E-state index contributed by atoms with van der Waals surface area (Å²) in [6.45, 7) is 2.32. The van der Waals surface area contributed by atoms with E-state index in [1.165, 1.54) is 0 Å². The summed E-state index contributed by atoms with van der Waals surface area (Å²) in [6, 6.07) is 6.63. The molecule has 0 aliphatic carbocycles. The first-order valence-electron chi connectivity index (χ1n) is 7.06. The Morgan fingerprint density at radius 1 is 1.27 bits per heavy atom. The van der Waals surface area contributed by atoms with Gasteiger partial charge in [0.05, 0.1) is 11.5 Å². The van der Waals surface area contributed by atoms with Crippen LogP contribution in [0.25, 0.3) is 0 Å². The van der Waals surface area contributed by atoms with Gasteiger partial charge in [0.25, 0.3) is 0 Å². The van der Waals surface area contributed by atoms with E-state index in [0.717, 1.165) is 19.4 Å². The molecule has 6 nitrogen and oxygen atoms in total. The number of rotatable bonds is 8. The maximum atomic E-state index is 12.2. The Morgan fingerprint density at radius 2 is 2.00 bits per heavy atom. The van der Waals surface area contributed by atoms with Gasteiger partial charge in [-0.25, -0.2) is 13.1 Å². The van der Waals surface area contributed by atoms with Crippen LogP contribution >= 0.6 is 12.4 Å². The zero-order valence-electron chi connectivity index (χ0n) is 12.6. The van der Waals surface area contributed by atoms with Crippen molar-refractivity contribution in [3.05, 3.63) is 24.3 Å². The van der Waals surface area contributed by atoms with Crippen LogP contribution in [0.2, 0.25) is 0 Å². The van der Waals surface area contributed by atoms with Crippen LogP contribution in [0.15, 0.2) is 29.2 Å². The fourth-order valence-electron chi connectivity index (χ4n) is 2.18. The maximum Gasteiger partial charge on any atom is 0.240 e. The zero-order valence-corrected chi connectivity index (χ0v) is 14.2. The summed E-state index contributed by atoms with van der Waals surface area (Å²) in [5, 5.41) is 3.26. The lowest BCUT2D eigenvalue weighted by Gasteiger charge is -2.12. The van der Waals surface area contributed by atoms with Gasteiger partial charge in [0.1, 0.15) is 12.4 Å². The van der Waals surface area contributed by atoms with E-state index < -0.39 is 10.0 Å². The van der Waals surface area contributed by atoms with Gasteiger partial charge >= 0.3 is 0 Å². The normalized spacial score (nSPS) is 18.0. The third kappa shape index (κ3) is 5.73. The Morgan fingerprint density at radius 3 is 2.59 bits per heavy atom. The van der Waals surface area contributed by atoms with Gasteiger partial charge in [-0.05, 0) is 43.7 Å². The molecule has 22 heavy (non-hydrogen) atoms. The molecule has 2 N–H and O–H groups in total. The minimum Gasteiger partial charge on any atom is -0.491 e. The number of halogens is 1. The number of benzene rings is 1. The molecule has 1 unspecified atom stereocenters. The molecule has 0 bridgehead atoms. The molecular weight excluding hydrogens is 328 g/mol. The summed E-state index contributed by atoms with van der Waals surface area (Å²) in [5.74, 6) is 0.628. The highest BCUT2D eigenvalue weighted by molar-refractivity contribution is 7.89. The zero-order chi connectivity index (χ0) is 15.1. The predicted octanol–water partition coefficient (Wildman–Crippen LogP) is 1.16. The monoisotopic (exact) mass is 350 g/mol. The second-order valence-electron chi connectivity index (χ2n) is 4.96. The van der Waals surface area contributed by atoms with Gasteiger partial charge in [-0.2, -0.15) is 0 Å². The molecule has 0 radical (unpaired) electrons. The lowest BCUT2D eigenvalue weighted by atomic mass is 10.2. The van der Waals surface area contributed by atoms with E-state index in [-0.39, 0.29) is 23.3 Å². The molecule has 2 rings (SSSR count). The summed E-state index contributed by atoms with van der Waals surface area (Å²) >= 11 is 0. The van der Waals surface area contributed by atoms with Crippen molar-refractivity contribution in [2.75, 3.05) is 33.4 Å². The largest absolute Gasteiger partial charge is 0.491 e. The van der Waals surface area contributed by atoms with Gasteiger partial charge < -0.3 is 14.8 Å². The van der Waals surface area contributed by atoms with E-state index in [0.29, 0.717) is 25.5 Å². The summed E-state index contributed by atoms with van der Waals surface area (Å²) in [4.78, 5) is 0.250. The third-order valence-corrected chi connectivity index (χ3v) is 4.81. The molecule has 126 valence electrons. The average Bonchev–Trinajstić information content (AvgIpc) is 3.00. The Bertz CT molecular complexity index is 530. The highest BCUT2D eigenvalue weighted by Crippen LogP contribution is 2.16. The number of hydrogen-bond donors (Lipinski definition) is 2. The third-order valence-electron chi connectivity index (χ3n) is 3.37. The summed E-state index contributed by atoms with van der Waals surface area (Å²) in [6.07, 6.45) is 2.11. The maximum absolute atomic E-state index is 12.2. The SMILES string of the molecule is COCCOc1ccc(S(=O)(=O)NCC2CCCN2)cc1.Cl. The van der Waals surface area contributed by atoms with Crippen molar-refractivity contribution in [2.24, 2.45) is 0 Å². The standard InChI is InChI=1S/C14H22N2O4S.ClH/c1-19-9-10-20-13-4-6-14(7-5-13)21(17,18)16-11-12-3-2-8-15-12;/h4-7,12,15-16H,2-3,8-11H2,1H3;1H. The van der Waals surface area contributed by atoms with Crippen molar-refractivity contribution >= 4 is 22.4 Å². The first-order chi connectivity index (χ1) is 10.1. The van der Waals surface area contributed by atoms with E-state index in [9.17, 15) is 8.42 Å². The van der Waals surface area contributed by atoms with E-state index >= 15 is 0 Å². The van der Waals surface area contributed by atoms with Crippen LogP contribution in [-0.4, -0.2) is 47.9 Å². The number of hydrogen-bond acceptors (Lipinski definition) is 5. The number of sulfonamides is 1. The smallest absolute Gasteiger partial charge is 0.240 e. The first-order valence-corrected chi connectivity index (χ1v) is 8.55. The van der Waals surface area contributed by atoms with Crippen molar-refractivity contribution in [3.63, 3.8) is 0 Å². The van der Waals surface area contributed by atoms with Crippen LogP contribution < -0.4 is 14.8 Å². The van der Waals surface area contributed by atoms with E-state index in [1.807, 2.05) is 0 Å². The van der Waals surface area contributed by atoms with Gasteiger partial charge in [-0.1, -0.05) is 0 Å². The van der Waals surface area contributed by atoms with Crippen LogP contribution in [0, 0.1) is 0 Å². The van der Waals surface area contributed by atoms with Crippen molar-refractivity contribution in [3.8, 4) is 5.75 Å². The van der Waals surface area contributed by atoms with Gasteiger partial charge in [-0.3, -0.25) is 0 Å². The minimum absolute atomic E-state index is 0. The van der Waals surface area contributed by atoms with E-state index in [1.54, 1.807) is 31.4 Å². The Hall–Kier alpha value is -0.860. The fourth-order valence-corrected chi connectivity index (χ4v) is 3.26. The molecule has 1 atom stereocenters. The Balaban J connectivity index is 0.00000242. The molecule has 0 saturated carbocycles. The molecule has 8 heteroatoms. The van der Waals surface area contributed by atoms with Crippen LogP contribution in [0.1, 0.15) is 12.8 Å². The molecule has 1 aromatic rings. The van der Waals surface area contributed by atoms with E-state index in [2.05, 4.69) is 10.0 Å². The lowest BCUT2D eigenvalue weighted by molar-refractivity contribution is 0.146. The average molecular weight is 351 g/mol. The predicted molar refractivity (Wildman–Crippen MR) is 87.3 cm³/mol. The topological polar surface area (TPSA) is 76.7 Å². The lowest BCUT2D eigenvalue weighted by Crippen LogP contribution is -2.37. The van der Waals surface area contributed by atoms with Gasteiger partial charge in [-0.15, -0.1) is 12.4 Å². The minimum atomic E-state index is -3.46.